The van der Waals surface area contributed by atoms with Gasteiger partial charge in [0.15, 0.2) is 0 Å². The predicted molar refractivity (Wildman–Crippen MR) is 75.5 cm³/mol. The third-order valence-corrected chi connectivity index (χ3v) is 5.03. The number of nitrogens with zero attached hydrogens (tertiary/aromatic N) is 2. The first-order valence-electron chi connectivity index (χ1n) is 5.30. The molecule has 1 aromatic rings. The van der Waals surface area contributed by atoms with E-state index in [2.05, 4.69) is 0 Å². The SMILES string of the molecule is CC(C#N)CN(C)S(=O)(=O)c1c(N)cc(Cl)cc1Cl. The van der Waals surface area contributed by atoms with Gasteiger partial charge in [0.1, 0.15) is 4.90 Å². The average molecular weight is 322 g/mol. The van der Waals surface area contributed by atoms with Gasteiger partial charge in [-0.2, -0.15) is 9.57 Å². The zero-order valence-corrected chi connectivity index (χ0v) is 12.7. The maximum atomic E-state index is 12.3. The minimum atomic E-state index is -3.86. The Bertz CT molecular complexity index is 602. The molecule has 1 rings (SSSR count). The van der Waals surface area contributed by atoms with E-state index in [-0.39, 0.29) is 27.2 Å². The Morgan fingerprint density at radius 3 is 2.53 bits per heavy atom. The highest BCUT2D eigenvalue weighted by molar-refractivity contribution is 7.89. The largest absolute Gasteiger partial charge is 0.398 e. The summed E-state index contributed by atoms with van der Waals surface area (Å²) in [5, 5.41) is 8.94. The van der Waals surface area contributed by atoms with E-state index in [0.29, 0.717) is 0 Å². The molecular formula is C11H13Cl2N3O2S. The quantitative estimate of drug-likeness (QED) is 0.862. The van der Waals surface area contributed by atoms with Crippen molar-refractivity contribution in [1.82, 2.24) is 4.31 Å². The van der Waals surface area contributed by atoms with Gasteiger partial charge in [-0.15, -0.1) is 0 Å². The summed E-state index contributed by atoms with van der Waals surface area (Å²) in [6, 6.07) is 4.60. The van der Waals surface area contributed by atoms with Gasteiger partial charge >= 0.3 is 0 Å². The normalized spacial score (nSPS) is 13.3. The number of anilines is 1. The van der Waals surface area contributed by atoms with Crippen LogP contribution in [0.3, 0.4) is 0 Å². The fourth-order valence-electron chi connectivity index (χ4n) is 1.53. The molecule has 0 bridgehead atoms. The van der Waals surface area contributed by atoms with Gasteiger partial charge in [-0.25, -0.2) is 8.42 Å². The van der Waals surface area contributed by atoms with E-state index in [1.807, 2.05) is 6.07 Å². The summed E-state index contributed by atoms with van der Waals surface area (Å²) < 4.78 is 25.7. The lowest BCUT2D eigenvalue weighted by Crippen LogP contribution is -2.31. The molecule has 19 heavy (non-hydrogen) atoms. The van der Waals surface area contributed by atoms with Crippen molar-refractivity contribution in [2.45, 2.75) is 11.8 Å². The van der Waals surface area contributed by atoms with E-state index in [1.54, 1.807) is 6.92 Å². The lowest BCUT2D eigenvalue weighted by molar-refractivity contribution is 0.439. The summed E-state index contributed by atoms with van der Waals surface area (Å²) in [7, 11) is -2.49. The van der Waals surface area contributed by atoms with Gasteiger partial charge in [-0.05, 0) is 19.1 Å². The standard InChI is InChI=1S/C11H13Cl2N3O2S/c1-7(5-14)6-16(2)19(17,18)11-9(13)3-8(12)4-10(11)15/h3-4,7H,6,15H2,1-2H3. The van der Waals surface area contributed by atoms with Gasteiger partial charge in [0, 0.05) is 18.6 Å². The van der Waals surface area contributed by atoms with Crippen molar-refractivity contribution in [2.75, 3.05) is 19.3 Å². The number of sulfonamides is 1. The van der Waals surface area contributed by atoms with Crippen LogP contribution < -0.4 is 5.73 Å². The van der Waals surface area contributed by atoms with Crippen LogP contribution in [0.15, 0.2) is 17.0 Å². The molecule has 1 atom stereocenters. The first-order valence-corrected chi connectivity index (χ1v) is 7.50. The molecule has 0 fully saturated rings. The minimum Gasteiger partial charge on any atom is -0.398 e. The molecule has 2 N–H and O–H groups in total. The van der Waals surface area contributed by atoms with Crippen LogP contribution in [0.5, 0.6) is 0 Å². The molecule has 0 aliphatic carbocycles. The number of nitrogen functional groups attached to an aromatic ring is 1. The molecule has 0 heterocycles. The van der Waals surface area contributed by atoms with Crippen LogP contribution in [0.1, 0.15) is 6.92 Å². The highest BCUT2D eigenvalue weighted by atomic mass is 35.5. The van der Waals surface area contributed by atoms with E-state index >= 15 is 0 Å². The van der Waals surface area contributed by atoms with Gasteiger partial charge in [-0.1, -0.05) is 23.2 Å². The second-order valence-electron chi connectivity index (χ2n) is 4.12. The first-order chi connectivity index (χ1) is 8.70. The summed E-state index contributed by atoms with van der Waals surface area (Å²) in [5.41, 5.74) is 5.65. The Balaban J connectivity index is 3.25. The van der Waals surface area contributed by atoms with Gasteiger partial charge in [-0.3, -0.25) is 0 Å². The van der Waals surface area contributed by atoms with Crippen molar-refractivity contribution in [3.63, 3.8) is 0 Å². The highest BCUT2D eigenvalue weighted by Crippen LogP contribution is 2.32. The van der Waals surface area contributed by atoms with Gasteiger partial charge < -0.3 is 5.73 Å². The number of hydrogen-bond donors (Lipinski definition) is 1. The van der Waals surface area contributed by atoms with E-state index in [1.165, 1.54) is 19.2 Å². The Hall–Kier alpha value is -1.000. The zero-order chi connectivity index (χ0) is 14.8. The lowest BCUT2D eigenvalue weighted by Gasteiger charge is -2.20. The molecule has 0 amide bonds. The van der Waals surface area contributed by atoms with Crippen molar-refractivity contribution in [1.29, 1.82) is 5.26 Å². The topological polar surface area (TPSA) is 87.2 Å². The Kier molecular flexibility index (Phi) is 5.04. The van der Waals surface area contributed by atoms with Crippen molar-refractivity contribution >= 4 is 38.9 Å². The molecule has 104 valence electrons. The maximum absolute atomic E-state index is 12.3. The van der Waals surface area contributed by atoms with Crippen LogP contribution in [0.25, 0.3) is 0 Å². The highest BCUT2D eigenvalue weighted by Gasteiger charge is 2.27. The molecule has 0 saturated carbocycles. The second-order valence-corrected chi connectivity index (χ2v) is 6.95. The molecule has 0 saturated heterocycles. The molecule has 8 heteroatoms. The van der Waals surface area contributed by atoms with E-state index in [4.69, 9.17) is 34.2 Å². The number of hydrogen-bond acceptors (Lipinski definition) is 4. The summed E-state index contributed by atoms with van der Waals surface area (Å²) in [6.45, 7) is 1.68. The summed E-state index contributed by atoms with van der Waals surface area (Å²) in [5.74, 6) is -0.438. The van der Waals surface area contributed by atoms with Crippen LogP contribution in [0, 0.1) is 17.2 Å². The second kappa shape index (κ2) is 5.97. The first kappa shape index (κ1) is 16.1. The van der Waals surface area contributed by atoms with Crippen LogP contribution in [0.2, 0.25) is 10.0 Å². The number of benzene rings is 1. The molecule has 1 unspecified atom stereocenters. The van der Waals surface area contributed by atoms with Crippen molar-refractivity contribution in [3.8, 4) is 6.07 Å². The molecule has 0 radical (unpaired) electrons. The number of nitriles is 1. The van der Waals surface area contributed by atoms with Crippen molar-refractivity contribution in [2.24, 2.45) is 5.92 Å². The molecule has 0 spiro atoms. The van der Waals surface area contributed by atoms with Crippen LogP contribution in [-0.2, 0) is 10.0 Å². The van der Waals surface area contributed by atoms with E-state index < -0.39 is 15.9 Å². The minimum absolute atomic E-state index is 0.0195. The van der Waals surface area contributed by atoms with Crippen LogP contribution in [0.4, 0.5) is 5.69 Å². The fourth-order valence-corrected chi connectivity index (χ4v) is 3.73. The van der Waals surface area contributed by atoms with Crippen LogP contribution in [-0.4, -0.2) is 26.3 Å². The van der Waals surface area contributed by atoms with Gasteiger partial charge in [0.2, 0.25) is 10.0 Å². The van der Waals surface area contributed by atoms with Gasteiger partial charge in [0.05, 0.1) is 22.7 Å². The van der Waals surface area contributed by atoms with Gasteiger partial charge in [0.25, 0.3) is 0 Å². The number of nitrogens with two attached hydrogens (primary N) is 1. The zero-order valence-electron chi connectivity index (χ0n) is 10.4. The molecule has 1 aromatic carbocycles. The molecular weight excluding hydrogens is 309 g/mol. The monoisotopic (exact) mass is 321 g/mol. The van der Waals surface area contributed by atoms with E-state index in [9.17, 15) is 8.42 Å². The van der Waals surface area contributed by atoms with E-state index in [0.717, 1.165) is 4.31 Å². The maximum Gasteiger partial charge on any atom is 0.246 e. The number of rotatable bonds is 4. The molecule has 0 aromatic heterocycles. The third-order valence-electron chi connectivity index (χ3n) is 2.46. The summed E-state index contributed by atoms with van der Waals surface area (Å²) in [6.07, 6.45) is 0. The Morgan fingerprint density at radius 2 is 2.05 bits per heavy atom. The smallest absolute Gasteiger partial charge is 0.246 e. The Labute approximate surface area is 122 Å². The molecule has 5 nitrogen and oxygen atoms in total. The number of halogens is 2. The van der Waals surface area contributed by atoms with Crippen molar-refractivity contribution < 1.29 is 8.42 Å². The van der Waals surface area contributed by atoms with Crippen LogP contribution >= 0.6 is 23.2 Å². The predicted octanol–water partition coefficient (Wildman–Crippen LogP) is 2.36. The Morgan fingerprint density at radius 1 is 1.47 bits per heavy atom. The average Bonchev–Trinajstić information content (AvgIpc) is 2.26. The third kappa shape index (κ3) is 3.51. The van der Waals surface area contributed by atoms with Crippen molar-refractivity contribution in [3.05, 3.63) is 22.2 Å². The molecule has 0 aliphatic heterocycles. The summed E-state index contributed by atoms with van der Waals surface area (Å²) >= 11 is 11.6. The summed E-state index contributed by atoms with van der Waals surface area (Å²) in [4.78, 5) is -0.189. The lowest BCUT2D eigenvalue weighted by atomic mass is 10.2. The molecule has 0 aliphatic rings. The fraction of sp³-hybridized carbons (Fsp3) is 0.364.